The van der Waals surface area contributed by atoms with Gasteiger partial charge in [-0.1, -0.05) is 17.7 Å². The second kappa shape index (κ2) is 29.7. The third-order valence-electron chi connectivity index (χ3n) is 18.2. The maximum absolute atomic E-state index is 13.6. The van der Waals surface area contributed by atoms with E-state index in [1.54, 1.807) is 89.8 Å². The zero-order valence-corrected chi connectivity index (χ0v) is 58.4. The third-order valence-corrected chi connectivity index (χ3v) is 19.9. The van der Waals surface area contributed by atoms with Crippen LogP contribution in [-0.2, 0) is 33.7 Å². The van der Waals surface area contributed by atoms with E-state index in [0.29, 0.717) is 43.0 Å². The minimum absolute atomic E-state index is 0. The minimum Gasteiger partial charge on any atom is -0.870 e. The first-order valence-corrected chi connectivity index (χ1v) is 32.6. The molecule has 27 heteroatoms. The molecule has 2 atom stereocenters. The molecule has 0 unspecified atom stereocenters. The van der Waals surface area contributed by atoms with Crippen molar-refractivity contribution in [2.24, 2.45) is 14.1 Å². The van der Waals surface area contributed by atoms with Crippen LogP contribution in [0.15, 0.2) is 149 Å². The summed E-state index contributed by atoms with van der Waals surface area (Å²) in [6, 6.07) is 25.9. The topological polar surface area (TPSA) is 259 Å². The molecule has 0 aliphatic carbocycles. The molecule has 25 nitrogen and oxygen atoms in total. The molecule has 0 radical (unpaired) electrons. The number of aromatic nitrogens is 8. The first-order valence-electron chi connectivity index (χ1n) is 31.2. The standard InChI is InChI=1S/C37H42N8O5S.C30H36N8O3.K.H2O/c1-26-5-9-30(10-6-26)51(48,49)45-14-13-31-32(25-41(4)37(47)35(31)45)28-7-11-33(38-23-28)43-17-19-44(20-18-43)34-12-8-29(24-39-34)50-22-21-42-16-15-40(3)36(46)27(42)2;1-21-29(39)34(2)10-11-36(21)16-17-41-23-5-7-27(33-19-23)38-14-12-37(13-15-38)26-6-4-22(18-32-26)25-20-35(3)30(40)28-24(25)8-9-31-28;;/h5-14,23-25,27H,15-22H2,1-4H3;4-9,18-21,31H,10-17H2,1-3H3;;1H2/q;;+1;/p-1/t27-;21-;;/m11../s1. The Labute approximate surface area is 588 Å². The number of pyridine rings is 6. The summed E-state index contributed by atoms with van der Waals surface area (Å²) in [5.74, 6) is 5.35. The molecule has 0 saturated carbocycles. The molecule has 4 aliphatic heterocycles. The van der Waals surface area contributed by atoms with E-state index in [2.05, 4.69) is 56.5 Å². The van der Waals surface area contributed by atoms with Crippen molar-refractivity contribution < 1.29 is 84.3 Å². The molecule has 8 aromatic heterocycles. The Balaban J connectivity index is 0.000000205. The van der Waals surface area contributed by atoms with Crippen LogP contribution in [0.25, 0.3) is 44.1 Å². The minimum atomic E-state index is -3.98. The van der Waals surface area contributed by atoms with Crippen LogP contribution in [0.5, 0.6) is 11.5 Å². The van der Waals surface area contributed by atoms with Crippen molar-refractivity contribution in [3.8, 4) is 33.8 Å². The predicted octanol–water partition coefficient (Wildman–Crippen LogP) is 2.23. The van der Waals surface area contributed by atoms with E-state index in [1.807, 2.05) is 89.7 Å². The average Bonchev–Trinajstić information content (AvgIpc) is 1.54. The third kappa shape index (κ3) is 14.6. The van der Waals surface area contributed by atoms with E-state index in [-0.39, 0.29) is 96.7 Å². The number of hydrogen-bond acceptors (Lipinski definition) is 19. The number of aryl methyl sites for hydroxylation is 3. The van der Waals surface area contributed by atoms with Crippen molar-refractivity contribution in [2.75, 3.05) is 139 Å². The van der Waals surface area contributed by atoms with E-state index in [4.69, 9.17) is 19.4 Å². The summed E-state index contributed by atoms with van der Waals surface area (Å²) in [5.41, 5.74) is 4.67. The normalized spacial score (nSPS) is 17.4. The number of carbonyl (C=O) groups is 2. The number of benzene rings is 1. The van der Waals surface area contributed by atoms with Crippen molar-refractivity contribution in [3.05, 3.63) is 161 Å². The summed E-state index contributed by atoms with van der Waals surface area (Å²) in [7, 11) is 3.10. The SMILES string of the molecule is C[C@@H]1C(=O)N(C)CCN1CCOc1ccc(N2CCN(c3ccc(-c4cn(C)c(=O)c5[nH]ccc45)cn3)CC2)nc1.Cc1ccc(S(=O)(=O)n2ccc3c(-c4ccc(N5CCN(c6ccc(OCCN7CCN(C)C(=O)[C@H]7C)cn6)CC5)nc4)cn(C)c(=O)c32)cc1.[K+].[OH-]. The van der Waals surface area contributed by atoms with Crippen LogP contribution in [0, 0.1) is 6.92 Å². The second-order valence-electron chi connectivity index (χ2n) is 24.0. The Morgan fingerprint density at radius 1 is 0.511 bits per heavy atom. The van der Waals surface area contributed by atoms with Crippen molar-refractivity contribution in [1.29, 1.82) is 0 Å². The van der Waals surface area contributed by atoms with E-state index in [0.717, 1.165) is 145 Å². The van der Waals surface area contributed by atoms with Gasteiger partial charge in [-0.2, -0.15) is 0 Å². The van der Waals surface area contributed by atoms with Crippen molar-refractivity contribution in [1.82, 2.24) is 57.6 Å². The second-order valence-corrected chi connectivity index (χ2v) is 25.8. The number of likely N-dealkylation sites (N-methyl/N-ethyl adjacent to an activating group) is 2. The van der Waals surface area contributed by atoms with E-state index >= 15 is 0 Å². The molecule has 0 spiro atoms. The van der Waals surface area contributed by atoms with Crippen LogP contribution in [0.2, 0.25) is 0 Å². The number of anilines is 4. The van der Waals surface area contributed by atoms with Crippen LogP contribution < -0.4 is 91.6 Å². The number of amides is 2. The summed E-state index contributed by atoms with van der Waals surface area (Å²) in [4.78, 5) is 89.0. The van der Waals surface area contributed by atoms with Crippen LogP contribution in [-0.4, -0.2) is 214 Å². The Hall–Kier alpha value is -7.99. The molecule has 488 valence electrons. The fraction of sp³-hybridized carbons (Fsp3) is 0.373. The average molecular weight is 1320 g/mol. The molecule has 4 aliphatic rings. The first kappa shape index (κ1) is 68.9. The molecule has 94 heavy (non-hydrogen) atoms. The van der Waals surface area contributed by atoms with Gasteiger partial charge in [-0.3, -0.25) is 29.0 Å². The Kier molecular flexibility index (Phi) is 21.8. The maximum Gasteiger partial charge on any atom is 1.00 e. The molecular formula is C67H79KN16O9S. The molecule has 4 fully saturated rings. The predicted molar refractivity (Wildman–Crippen MR) is 359 cm³/mol. The van der Waals surface area contributed by atoms with Gasteiger partial charge in [0.25, 0.3) is 21.1 Å². The molecule has 1 aromatic carbocycles. The van der Waals surface area contributed by atoms with Gasteiger partial charge in [-0.25, -0.2) is 32.3 Å². The smallest absolute Gasteiger partial charge is 0.870 e. The van der Waals surface area contributed by atoms with Crippen molar-refractivity contribution in [3.63, 3.8) is 0 Å². The van der Waals surface area contributed by atoms with Crippen molar-refractivity contribution >= 4 is 66.9 Å². The molecule has 2 amide bonds. The number of fused-ring (bicyclic) bond motifs is 2. The van der Waals surface area contributed by atoms with Gasteiger partial charge in [0.2, 0.25) is 11.8 Å². The number of carbonyl (C=O) groups excluding carboxylic acids is 2. The van der Waals surface area contributed by atoms with E-state index in [1.165, 1.54) is 10.8 Å². The van der Waals surface area contributed by atoms with Crippen LogP contribution in [0.1, 0.15) is 19.4 Å². The molecule has 12 heterocycles. The van der Waals surface area contributed by atoms with Gasteiger partial charge in [-0.15, -0.1) is 0 Å². The molecule has 0 bridgehead atoms. The number of aromatic amines is 1. The van der Waals surface area contributed by atoms with Crippen LogP contribution in [0.3, 0.4) is 0 Å². The molecule has 2 N–H and O–H groups in total. The van der Waals surface area contributed by atoms with Gasteiger partial charge in [0, 0.05) is 190 Å². The number of hydrogen-bond donors (Lipinski definition) is 1. The summed E-state index contributed by atoms with van der Waals surface area (Å²) >= 11 is 0. The van der Waals surface area contributed by atoms with Gasteiger partial charge >= 0.3 is 51.4 Å². The van der Waals surface area contributed by atoms with E-state index in [9.17, 15) is 27.6 Å². The van der Waals surface area contributed by atoms with Crippen LogP contribution >= 0.6 is 0 Å². The number of nitrogens with zero attached hydrogens (tertiary/aromatic N) is 15. The zero-order chi connectivity index (χ0) is 64.4. The largest absolute Gasteiger partial charge is 1.00 e. The number of ether oxygens (including phenoxy) is 2. The maximum atomic E-state index is 13.6. The van der Waals surface area contributed by atoms with E-state index < -0.39 is 15.6 Å². The number of piperazine rings is 4. The van der Waals surface area contributed by atoms with Crippen LogP contribution in [0.4, 0.5) is 23.3 Å². The fourth-order valence-electron chi connectivity index (χ4n) is 12.5. The van der Waals surface area contributed by atoms with Gasteiger partial charge in [0.05, 0.1) is 29.4 Å². The van der Waals surface area contributed by atoms with Crippen molar-refractivity contribution in [2.45, 2.75) is 37.8 Å². The van der Waals surface area contributed by atoms with Gasteiger partial charge in [0.1, 0.15) is 59.0 Å². The summed E-state index contributed by atoms with van der Waals surface area (Å²) < 4.78 is 43.1. The monoisotopic (exact) mass is 1320 g/mol. The Bertz CT molecular complexity index is 4340. The quantitative estimate of drug-likeness (QED) is 0.136. The first-order chi connectivity index (χ1) is 44.4. The molecule has 4 saturated heterocycles. The Morgan fingerprint density at radius 2 is 0.936 bits per heavy atom. The molecular weight excluding hydrogens is 1240 g/mol. The molecule has 13 rings (SSSR count). The Morgan fingerprint density at radius 3 is 1.36 bits per heavy atom. The summed E-state index contributed by atoms with van der Waals surface area (Å²) in [6.45, 7) is 17.8. The number of rotatable bonds is 16. The number of nitrogens with one attached hydrogen (secondary N) is 1. The molecule has 9 aromatic rings. The van der Waals surface area contributed by atoms with Gasteiger partial charge in [0.15, 0.2) is 0 Å². The van der Waals surface area contributed by atoms with Gasteiger partial charge < -0.3 is 58.5 Å². The number of H-pyrrole nitrogens is 1. The fourth-order valence-corrected chi connectivity index (χ4v) is 13.8. The summed E-state index contributed by atoms with van der Waals surface area (Å²) in [5, 5.41) is 1.45. The summed E-state index contributed by atoms with van der Waals surface area (Å²) in [6.07, 6.45) is 14.0. The zero-order valence-electron chi connectivity index (χ0n) is 54.5. The van der Waals surface area contributed by atoms with Gasteiger partial charge in [-0.05, 0) is 93.6 Å².